The van der Waals surface area contributed by atoms with Crippen molar-refractivity contribution >= 4 is 17.1 Å². The Morgan fingerprint density at radius 1 is 0.164 bits per heavy atom. The Bertz CT molecular complexity index is 2350. The summed E-state index contributed by atoms with van der Waals surface area (Å²) in [5.74, 6) is 0. The number of anilines is 3. The summed E-state index contributed by atoms with van der Waals surface area (Å²) in [5.41, 5.74) is 15.2. The zero-order chi connectivity index (χ0) is 45.3. The van der Waals surface area contributed by atoms with E-state index in [1.54, 1.807) is 0 Å². The van der Waals surface area contributed by atoms with Gasteiger partial charge >= 0.3 is 0 Å². The highest BCUT2D eigenvalue weighted by atomic mass is 15.2. The molecule has 0 bridgehead atoms. The average molecular weight is 873 g/mol. The largest absolute Gasteiger partial charge is 0.311 e. The van der Waals surface area contributed by atoms with Crippen molar-refractivity contribution in [2.75, 3.05) is 4.90 Å². The maximum atomic E-state index is 2.53. The van der Waals surface area contributed by atoms with Crippen molar-refractivity contribution in [1.82, 2.24) is 14.7 Å². The molecule has 332 valence electrons. The summed E-state index contributed by atoms with van der Waals surface area (Å²) in [6.45, 7) is 7.81. The normalized spacial score (nSPS) is 11.3. The van der Waals surface area contributed by atoms with Crippen molar-refractivity contribution in [2.24, 2.45) is 0 Å². The zero-order valence-electron chi connectivity index (χ0n) is 38.4. The molecule has 0 fully saturated rings. The molecule has 9 aromatic carbocycles. The molecule has 0 aliphatic heterocycles. The molecule has 67 heavy (non-hydrogen) atoms. The summed E-state index contributed by atoms with van der Waals surface area (Å²) in [6.07, 6.45) is 0. The lowest BCUT2D eigenvalue weighted by Gasteiger charge is -2.28. The molecule has 0 radical (unpaired) electrons. The van der Waals surface area contributed by atoms with E-state index in [4.69, 9.17) is 0 Å². The van der Waals surface area contributed by atoms with E-state index in [9.17, 15) is 0 Å². The molecule has 0 saturated carbocycles. The van der Waals surface area contributed by atoms with Crippen LogP contribution in [0.1, 0.15) is 50.1 Å². The van der Waals surface area contributed by atoms with Gasteiger partial charge < -0.3 is 4.90 Å². The van der Waals surface area contributed by atoms with E-state index >= 15 is 0 Å². The van der Waals surface area contributed by atoms with Gasteiger partial charge in [0.25, 0.3) is 0 Å². The van der Waals surface area contributed by atoms with Crippen molar-refractivity contribution in [3.05, 3.63) is 305 Å². The standard InChI is InChI=1S/C63H60N4/c1-7-19-52(20-8-1)43-64(44-53-21-9-2-10-22-53)49-58-31-37-61(38-32-58)67(62-39-33-59(34-40-62)50-65(45-54-23-11-3-12-24-54)46-55-25-13-4-14-26-55)63-41-35-60(36-42-63)51-66(47-56-27-15-5-16-28-56)48-57-29-17-6-18-30-57/h1-42H,43-51H2. The monoisotopic (exact) mass is 872 g/mol. The molecule has 0 saturated heterocycles. The van der Waals surface area contributed by atoms with Gasteiger partial charge in [-0.25, -0.2) is 0 Å². The minimum atomic E-state index is 0.846. The number of rotatable bonds is 21. The summed E-state index contributed by atoms with van der Waals surface area (Å²) in [6, 6.07) is 92.5. The Hall–Kier alpha value is -7.34. The number of nitrogens with zero attached hydrogens (tertiary/aromatic N) is 4. The molecule has 0 amide bonds. The van der Waals surface area contributed by atoms with Crippen LogP contribution < -0.4 is 4.90 Å². The van der Waals surface area contributed by atoms with Gasteiger partial charge in [-0.2, -0.15) is 0 Å². The number of benzene rings is 9. The first-order valence-corrected chi connectivity index (χ1v) is 23.6. The fourth-order valence-electron chi connectivity index (χ4n) is 9.03. The van der Waals surface area contributed by atoms with Crippen LogP contribution in [0.25, 0.3) is 0 Å². The van der Waals surface area contributed by atoms with Gasteiger partial charge in [0.1, 0.15) is 0 Å². The smallest absolute Gasteiger partial charge is 0.0461 e. The molecular weight excluding hydrogens is 813 g/mol. The van der Waals surface area contributed by atoms with E-state index in [0.29, 0.717) is 0 Å². The molecule has 9 aromatic rings. The molecule has 4 nitrogen and oxygen atoms in total. The first-order chi connectivity index (χ1) is 33.1. The maximum absolute atomic E-state index is 2.53. The summed E-state index contributed by atoms with van der Waals surface area (Å²) in [4.78, 5) is 10.0. The molecule has 0 unspecified atom stereocenters. The van der Waals surface area contributed by atoms with Gasteiger partial charge in [-0.05, 0) is 86.5 Å². The minimum absolute atomic E-state index is 0.846. The second-order valence-electron chi connectivity index (χ2n) is 17.7. The summed E-state index contributed by atoms with van der Waals surface area (Å²) >= 11 is 0. The van der Waals surface area contributed by atoms with Gasteiger partial charge in [-0.3, -0.25) is 14.7 Å². The van der Waals surface area contributed by atoms with E-state index in [1.807, 2.05) is 0 Å². The Kier molecular flexibility index (Phi) is 15.5. The third-order valence-corrected chi connectivity index (χ3v) is 12.3. The van der Waals surface area contributed by atoms with Crippen LogP contribution in [0, 0.1) is 0 Å². The molecule has 4 heteroatoms. The zero-order valence-corrected chi connectivity index (χ0v) is 38.4. The third-order valence-electron chi connectivity index (χ3n) is 12.3. The number of hydrogen-bond acceptors (Lipinski definition) is 4. The van der Waals surface area contributed by atoms with Crippen LogP contribution in [-0.4, -0.2) is 14.7 Å². The SMILES string of the molecule is c1ccc(CN(Cc2ccccc2)Cc2ccc(N(c3ccc(CN(Cc4ccccc4)Cc4ccccc4)cc3)c3ccc(CN(Cc4ccccc4)Cc4ccccc4)cc3)cc2)cc1. The summed E-state index contributed by atoms with van der Waals surface area (Å²) < 4.78 is 0. The molecule has 0 spiro atoms. The van der Waals surface area contributed by atoms with Crippen LogP contribution in [-0.2, 0) is 58.9 Å². The highest BCUT2D eigenvalue weighted by Crippen LogP contribution is 2.36. The predicted octanol–water partition coefficient (Wildman–Crippen LogP) is 14.8. The average Bonchev–Trinajstić information content (AvgIpc) is 3.37. The molecule has 0 aromatic heterocycles. The van der Waals surface area contributed by atoms with Crippen molar-refractivity contribution in [3.8, 4) is 0 Å². The van der Waals surface area contributed by atoms with Gasteiger partial charge in [-0.1, -0.05) is 218 Å². The fraction of sp³-hybridized carbons (Fsp3) is 0.143. The maximum Gasteiger partial charge on any atom is 0.0461 e. The van der Waals surface area contributed by atoms with Gasteiger partial charge in [0.15, 0.2) is 0 Å². The van der Waals surface area contributed by atoms with Crippen LogP contribution in [0.4, 0.5) is 17.1 Å². The van der Waals surface area contributed by atoms with Gasteiger partial charge in [-0.15, -0.1) is 0 Å². The van der Waals surface area contributed by atoms with Crippen LogP contribution in [0.15, 0.2) is 255 Å². The molecule has 0 atom stereocenters. The Morgan fingerprint density at radius 2 is 0.313 bits per heavy atom. The van der Waals surface area contributed by atoms with Crippen molar-refractivity contribution in [1.29, 1.82) is 0 Å². The minimum Gasteiger partial charge on any atom is -0.311 e. The Balaban J connectivity index is 0.988. The molecule has 0 aliphatic carbocycles. The van der Waals surface area contributed by atoms with Crippen LogP contribution in [0.2, 0.25) is 0 Å². The van der Waals surface area contributed by atoms with Crippen molar-refractivity contribution in [3.63, 3.8) is 0 Å². The van der Waals surface area contributed by atoms with Crippen LogP contribution >= 0.6 is 0 Å². The van der Waals surface area contributed by atoms with E-state index in [1.165, 1.54) is 50.1 Å². The van der Waals surface area contributed by atoms with Crippen molar-refractivity contribution in [2.45, 2.75) is 58.9 Å². The topological polar surface area (TPSA) is 13.0 Å². The summed E-state index contributed by atoms with van der Waals surface area (Å²) in [7, 11) is 0. The van der Waals surface area contributed by atoms with Crippen molar-refractivity contribution < 1.29 is 0 Å². The van der Waals surface area contributed by atoms with E-state index in [0.717, 1.165) is 76.0 Å². The molecule has 0 N–H and O–H groups in total. The van der Waals surface area contributed by atoms with E-state index in [2.05, 4.69) is 274 Å². The highest BCUT2D eigenvalue weighted by Gasteiger charge is 2.17. The number of hydrogen-bond donors (Lipinski definition) is 0. The predicted molar refractivity (Wildman–Crippen MR) is 279 cm³/mol. The molecular formula is C63H60N4. The lowest BCUT2D eigenvalue weighted by Crippen LogP contribution is -2.22. The van der Waals surface area contributed by atoms with E-state index < -0.39 is 0 Å². The lowest BCUT2D eigenvalue weighted by atomic mass is 10.1. The highest BCUT2D eigenvalue weighted by molar-refractivity contribution is 5.76. The van der Waals surface area contributed by atoms with E-state index in [-0.39, 0.29) is 0 Å². The Labute approximate surface area is 398 Å². The second kappa shape index (κ2) is 23.2. The summed E-state index contributed by atoms with van der Waals surface area (Å²) in [5, 5.41) is 0. The van der Waals surface area contributed by atoms with Crippen LogP contribution in [0.5, 0.6) is 0 Å². The first-order valence-electron chi connectivity index (χ1n) is 23.6. The molecule has 9 rings (SSSR count). The van der Waals surface area contributed by atoms with Gasteiger partial charge in [0, 0.05) is 76.0 Å². The van der Waals surface area contributed by atoms with Gasteiger partial charge in [0.05, 0.1) is 0 Å². The second-order valence-corrected chi connectivity index (χ2v) is 17.7. The molecule has 0 aliphatic rings. The Morgan fingerprint density at radius 3 is 0.478 bits per heavy atom. The fourth-order valence-corrected chi connectivity index (χ4v) is 9.03. The van der Waals surface area contributed by atoms with Gasteiger partial charge in [0.2, 0.25) is 0 Å². The van der Waals surface area contributed by atoms with Crippen LogP contribution in [0.3, 0.4) is 0 Å². The lowest BCUT2D eigenvalue weighted by molar-refractivity contribution is 0.247. The molecule has 0 heterocycles. The third kappa shape index (κ3) is 13.4. The first kappa shape index (κ1) is 44.8. The quantitative estimate of drug-likeness (QED) is 0.0713.